The number of ether oxygens (including phenoxy) is 2. The molecule has 5 nitrogen and oxygen atoms in total. The van der Waals surface area contributed by atoms with Gasteiger partial charge in [0.2, 0.25) is 0 Å². The van der Waals surface area contributed by atoms with E-state index < -0.39 is 6.09 Å². The summed E-state index contributed by atoms with van der Waals surface area (Å²) in [6, 6.07) is 4.91. The van der Waals surface area contributed by atoms with Crippen molar-refractivity contribution in [3.05, 3.63) is 18.2 Å². The van der Waals surface area contributed by atoms with Gasteiger partial charge >= 0.3 is 6.09 Å². The van der Waals surface area contributed by atoms with Gasteiger partial charge in [0.15, 0.2) is 11.5 Å². The van der Waals surface area contributed by atoms with Gasteiger partial charge in [-0.1, -0.05) is 0 Å². The first-order valence-corrected chi connectivity index (χ1v) is 4.28. The third kappa shape index (κ3) is 2.31. The highest BCUT2D eigenvalue weighted by molar-refractivity contribution is 5.85. The maximum absolute atomic E-state index is 10.7. The van der Waals surface area contributed by atoms with Gasteiger partial charge in [0, 0.05) is 13.1 Å². The third-order valence-electron chi connectivity index (χ3n) is 2.04. The van der Waals surface area contributed by atoms with Gasteiger partial charge in [-0.05, 0) is 12.1 Å². The van der Waals surface area contributed by atoms with E-state index >= 15 is 0 Å². The summed E-state index contributed by atoms with van der Waals surface area (Å²) in [5, 5.41) is 8.78. The summed E-state index contributed by atoms with van der Waals surface area (Å²) in [4.78, 5) is 11.8. The summed E-state index contributed by atoms with van der Waals surface area (Å²) in [5.41, 5.74) is 0.528. The zero-order valence-electron chi connectivity index (χ0n) is 8.85. The van der Waals surface area contributed by atoms with Crippen LogP contribution in [0.25, 0.3) is 0 Å². The van der Waals surface area contributed by atoms with E-state index in [1.54, 1.807) is 18.2 Å². The van der Waals surface area contributed by atoms with Crippen molar-refractivity contribution in [2.75, 3.05) is 26.2 Å². The minimum atomic E-state index is -1.03. The Labute approximate surface area is 87.8 Å². The first kappa shape index (κ1) is 11.2. The van der Waals surface area contributed by atoms with E-state index in [0.717, 1.165) is 4.90 Å². The molecule has 5 heteroatoms. The van der Waals surface area contributed by atoms with Crippen molar-refractivity contribution >= 4 is 11.8 Å². The second-order valence-electron chi connectivity index (χ2n) is 2.88. The van der Waals surface area contributed by atoms with Gasteiger partial charge in [0.1, 0.15) is 0 Å². The van der Waals surface area contributed by atoms with Gasteiger partial charge in [-0.2, -0.15) is 0 Å². The fraction of sp³-hybridized carbons (Fsp3) is 0.300. The zero-order chi connectivity index (χ0) is 11.4. The topological polar surface area (TPSA) is 59.0 Å². The normalized spacial score (nSPS) is 9.53. The predicted molar refractivity (Wildman–Crippen MR) is 56.0 cm³/mol. The highest BCUT2D eigenvalue weighted by Gasteiger charge is 2.11. The van der Waals surface area contributed by atoms with Crippen LogP contribution in [0.2, 0.25) is 0 Å². The molecule has 0 heterocycles. The number of carboxylic acid groups (broad SMARTS) is 1. The Hall–Kier alpha value is -1.91. The molecule has 0 aliphatic heterocycles. The van der Waals surface area contributed by atoms with Gasteiger partial charge < -0.3 is 14.6 Å². The SMILES string of the molecule is COc1ccc(N(C)C(=O)O)cc1OC. The Balaban J connectivity index is 3.07. The van der Waals surface area contributed by atoms with Gasteiger partial charge in [-0.3, -0.25) is 4.90 Å². The monoisotopic (exact) mass is 211 g/mol. The summed E-state index contributed by atoms with van der Waals surface area (Å²) < 4.78 is 10.1. The quantitative estimate of drug-likeness (QED) is 0.828. The molecule has 0 aliphatic carbocycles. The number of amides is 1. The van der Waals surface area contributed by atoms with Crippen LogP contribution >= 0.6 is 0 Å². The van der Waals surface area contributed by atoms with Crippen molar-refractivity contribution in [2.45, 2.75) is 0 Å². The van der Waals surface area contributed by atoms with E-state index in [1.165, 1.54) is 21.3 Å². The van der Waals surface area contributed by atoms with Crippen molar-refractivity contribution in [3.63, 3.8) is 0 Å². The second kappa shape index (κ2) is 4.54. The third-order valence-corrected chi connectivity index (χ3v) is 2.04. The van der Waals surface area contributed by atoms with E-state index in [4.69, 9.17) is 14.6 Å². The number of hydrogen-bond donors (Lipinski definition) is 1. The van der Waals surface area contributed by atoms with Gasteiger partial charge in [0.05, 0.1) is 19.9 Å². The molecule has 1 rings (SSSR count). The van der Waals surface area contributed by atoms with Crippen LogP contribution in [0.1, 0.15) is 0 Å². The molecule has 0 fully saturated rings. The summed E-state index contributed by atoms with van der Waals surface area (Å²) in [6.45, 7) is 0. The molecule has 1 N–H and O–H groups in total. The highest BCUT2D eigenvalue weighted by atomic mass is 16.5. The van der Waals surface area contributed by atoms with Crippen LogP contribution in [0.5, 0.6) is 11.5 Å². The summed E-state index contributed by atoms with van der Waals surface area (Å²) in [7, 11) is 4.49. The zero-order valence-corrected chi connectivity index (χ0v) is 8.85. The molecule has 0 aliphatic rings. The lowest BCUT2D eigenvalue weighted by Gasteiger charge is -2.15. The number of hydrogen-bond acceptors (Lipinski definition) is 3. The predicted octanol–water partition coefficient (Wildman–Crippen LogP) is 1.82. The van der Waals surface area contributed by atoms with Crippen molar-refractivity contribution in [2.24, 2.45) is 0 Å². The Morgan fingerprint density at radius 3 is 2.33 bits per heavy atom. The fourth-order valence-electron chi connectivity index (χ4n) is 1.14. The number of benzene rings is 1. The van der Waals surface area contributed by atoms with Crippen LogP contribution in [0.3, 0.4) is 0 Å². The molecule has 0 saturated heterocycles. The Kier molecular flexibility index (Phi) is 3.38. The number of anilines is 1. The van der Waals surface area contributed by atoms with E-state index in [-0.39, 0.29) is 0 Å². The average Bonchev–Trinajstić information content (AvgIpc) is 2.26. The van der Waals surface area contributed by atoms with Crippen LogP contribution in [0.15, 0.2) is 18.2 Å². The van der Waals surface area contributed by atoms with E-state index in [1.807, 2.05) is 0 Å². The van der Waals surface area contributed by atoms with Gasteiger partial charge in [0.25, 0.3) is 0 Å². The molecule has 0 atom stereocenters. The maximum atomic E-state index is 10.7. The molecule has 0 bridgehead atoms. The van der Waals surface area contributed by atoms with Gasteiger partial charge in [-0.15, -0.1) is 0 Å². The number of nitrogens with zero attached hydrogens (tertiary/aromatic N) is 1. The molecular weight excluding hydrogens is 198 g/mol. The minimum absolute atomic E-state index is 0.503. The van der Waals surface area contributed by atoms with Crippen molar-refractivity contribution in [3.8, 4) is 11.5 Å². The second-order valence-corrected chi connectivity index (χ2v) is 2.88. The smallest absolute Gasteiger partial charge is 0.411 e. The highest BCUT2D eigenvalue weighted by Crippen LogP contribution is 2.30. The number of carbonyl (C=O) groups is 1. The number of rotatable bonds is 3. The summed E-state index contributed by atoms with van der Waals surface area (Å²) >= 11 is 0. The molecule has 0 unspecified atom stereocenters. The molecule has 1 aromatic carbocycles. The molecule has 82 valence electrons. The molecule has 15 heavy (non-hydrogen) atoms. The lowest BCUT2D eigenvalue weighted by Crippen LogP contribution is -2.23. The maximum Gasteiger partial charge on any atom is 0.411 e. The molecule has 0 radical (unpaired) electrons. The Bertz CT molecular complexity index is 364. The van der Waals surface area contributed by atoms with Crippen LogP contribution < -0.4 is 14.4 Å². The molecule has 1 aromatic rings. The van der Waals surface area contributed by atoms with Crippen LogP contribution in [0.4, 0.5) is 10.5 Å². The lowest BCUT2D eigenvalue weighted by molar-refractivity contribution is 0.203. The lowest BCUT2D eigenvalue weighted by atomic mass is 10.2. The van der Waals surface area contributed by atoms with Crippen LogP contribution in [-0.4, -0.2) is 32.5 Å². The van der Waals surface area contributed by atoms with Crippen molar-refractivity contribution in [1.29, 1.82) is 0 Å². The molecule has 0 aromatic heterocycles. The minimum Gasteiger partial charge on any atom is -0.493 e. The number of methoxy groups -OCH3 is 2. The van der Waals surface area contributed by atoms with Crippen molar-refractivity contribution < 1.29 is 19.4 Å². The molecule has 1 amide bonds. The summed E-state index contributed by atoms with van der Waals surface area (Å²) in [5.74, 6) is 1.07. The first-order valence-electron chi connectivity index (χ1n) is 4.28. The Morgan fingerprint density at radius 2 is 1.87 bits per heavy atom. The molecule has 0 saturated carbocycles. The summed E-state index contributed by atoms with van der Waals surface area (Å²) in [6.07, 6.45) is -1.03. The largest absolute Gasteiger partial charge is 0.493 e. The standard InChI is InChI=1S/C10H13NO4/c1-11(10(12)13)7-4-5-8(14-2)9(6-7)15-3/h4-6H,1-3H3,(H,12,13). The fourth-order valence-corrected chi connectivity index (χ4v) is 1.14. The van der Waals surface area contributed by atoms with E-state index in [9.17, 15) is 4.79 Å². The molecule has 0 spiro atoms. The van der Waals surface area contributed by atoms with Crippen LogP contribution in [-0.2, 0) is 0 Å². The first-order chi connectivity index (χ1) is 7.10. The van der Waals surface area contributed by atoms with E-state index in [0.29, 0.717) is 17.2 Å². The van der Waals surface area contributed by atoms with Crippen LogP contribution in [0, 0.1) is 0 Å². The van der Waals surface area contributed by atoms with Gasteiger partial charge in [-0.25, -0.2) is 4.79 Å². The Morgan fingerprint density at radius 1 is 1.27 bits per heavy atom. The molecular formula is C10H13NO4. The van der Waals surface area contributed by atoms with E-state index in [2.05, 4.69) is 0 Å². The average molecular weight is 211 g/mol. The van der Waals surface area contributed by atoms with Crippen molar-refractivity contribution in [1.82, 2.24) is 0 Å².